The smallest absolute Gasteiger partial charge is 0.423 e. The number of ether oxygens (including phenoxy) is 2. The van der Waals surface area contributed by atoms with Gasteiger partial charge in [0.15, 0.2) is 0 Å². The summed E-state index contributed by atoms with van der Waals surface area (Å²) in [5, 5.41) is 1.51. The standard InChI is InChI=1S/C13H18F3NO4/c1-6-8-12(13(14,15)16,9(18)20-7-2)17-10(19)21-11(3,4)5/h1H,7-8H2,2-5H3,(H,17,19). The van der Waals surface area contributed by atoms with E-state index in [1.54, 1.807) is 5.92 Å². The van der Waals surface area contributed by atoms with Crippen LogP contribution in [0, 0.1) is 12.3 Å². The minimum Gasteiger partial charge on any atom is -0.464 e. The number of rotatable bonds is 4. The van der Waals surface area contributed by atoms with Gasteiger partial charge in [0.1, 0.15) is 5.60 Å². The fourth-order valence-electron chi connectivity index (χ4n) is 1.34. The molecule has 0 aromatic heterocycles. The monoisotopic (exact) mass is 309 g/mol. The molecule has 5 nitrogen and oxygen atoms in total. The first kappa shape index (κ1) is 19.1. The lowest BCUT2D eigenvalue weighted by Gasteiger charge is -2.33. The number of nitrogens with one attached hydrogen (secondary N) is 1. The second-order valence-corrected chi connectivity index (χ2v) is 5.13. The molecule has 0 aliphatic carbocycles. The van der Waals surface area contributed by atoms with Crippen molar-refractivity contribution in [1.29, 1.82) is 0 Å². The van der Waals surface area contributed by atoms with E-state index in [2.05, 4.69) is 4.74 Å². The summed E-state index contributed by atoms with van der Waals surface area (Å²) < 4.78 is 48.9. The van der Waals surface area contributed by atoms with Crippen LogP contribution in [0.1, 0.15) is 34.1 Å². The fourth-order valence-corrected chi connectivity index (χ4v) is 1.34. The predicted octanol–water partition coefficient (Wildman–Crippen LogP) is 2.40. The van der Waals surface area contributed by atoms with Crippen molar-refractivity contribution in [3.8, 4) is 12.3 Å². The molecule has 0 rings (SSSR count). The number of alkyl carbamates (subject to hydrolysis) is 1. The Labute approximate surface area is 121 Å². The average molecular weight is 309 g/mol. The molecular weight excluding hydrogens is 291 g/mol. The van der Waals surface area contributed by atoms with Crippen LogP contribution in [0.25, 0.3) is 0 Å². The van der Waals surface area contributed by atoms with Crippen LogP contribution in [0.2, 0.25) is 0 Å². The number of halogens is 3. The van der Waals surface area contributed by atoms with Crippen LogP contribution in [-0.4, -0.2) is 36.0 Å². The van der Waals surface area contributed by atoms with E-state index in [1.807, 2.05) is 0 Å². The lowest BCUT2D eigenvalue weighted by atomic mass is 9.95. The van der Waals surface area contributed by atoms with Gasteiger partial charge in [-0.05, 0) is 27.7 Å². The van der Waals surface area contributed by atoms with Gasteiger partial charge >= 0.3 is 18.2 Å². The molecule has 0 aliphatic rings. The Bertz CT molecular complexity index is 434. The number of hydrogen-bond acceptors (Lipinski definition) is 4. The summed E-state index contributed by atoms with van der Waals surface area (Å²) in [5.74, 6) is 0.0522. The average Bonchev–Trinajstić information content (AvgIpc) is 2.24. The first-order valence-electron chi connectivity index (χ1n) is 6.08. The molecule has 1 unspecified atom stereocenters. The molecule has 0 aromatic rings. The van der Waals surface area contributed by atoms with Gasteiger partial charge in [-0.2, -0.15) is 13.2 Å². The van der Waals surface area contributed by atoms with Crippen molar-refractivity contribution in [2.24, 2.45) is 0 Å². The van der Waals surface area contributed by atoms with Crippen LogP contribution in [0.5, 0.6) is 0 Å². The Morgan fingerprint density at radius 1 is 1.24 bits per heavy atom. The van der Waals surface area contributed by atoms with E-state index in [1.165, 1.54) is 33.0 Å². The first-order chi connectivity index (χ1) is 9.39. The summed E-state index contributed by atoms with van der Waals surface area (Å²) in [6, 6.07) is 0. The van der Waals surface area contributed by atoms with Gasteiger partial charge in [-0.1, -0.05) is 0 Å². The highest BCUT2D eigenvalue weighted by Gasteiger charge is 2.63. The van der Waals surface area contributed by atoms with E-state index in [0.29, 0.717) is 0 Å². The third kappa shape index (κ3) is 5.17. The maximum atomic E-state index is 13.3. The largest absolute Gasteiger partial charge is 0.464 e. The highest BCUT2D eigenvalue weighted by atomic mass is 19.4. The zero-order chi connectivity index (χ0) is 16.9. The molecule has 120 valence electrons. The number of carbonyl (C=O) groups is 2. The summed E-state index contributed by atoms with van der Waals surface area (Å²) in [6.07, 6.45) is -2.75. The third-order valence-electron chi connectivity index (χ3n) is 2.19. The van der Waals surface area contributed by atoms with Crippen LogP contribution in [0.4, 0.5) is 18.0 Å². The van der Waals surface area contributed by atoms with Gasteiger partial charge in [0.05, 0.1) is 13.0 Å². The van der Waals surface area contributed by atoms with E-state index < -0.39 is 35.8 Å². The van der Waals surface area contributed by atoms with Gasteiger partial charge in [-0.3, -0.25) is 5.32 Å². The molecule has 21 heavy (non-hydrogen) atoms. The number of esters is 1. The Morgan fingerprint density at radius 2 is 1.76 bits per heavy atom. The zero-order valence-corrected chi connectivity index (χ0v) is 12.3. The van der Waals surface area contributed by atoms with Gasteiger partial charge in [-0.15, -0.1) is 12.3 Å². The molecule has 0 saturated carbocycles. The van der Waals surface area contributed by atoms with E-state index in [0.717, 1.165) is 0 Å². The molecule has 0 radical (unpaired) electrons. The summed E-state index contributed by atoms with van der Waals surface area (Å²) in [6.45, 7) is 5.44. The lowest BCUT2D eigenvalue weighted by Crippen LogP contribution is -2.64. The number of hydrogen-bond donors (Lipinski definition) is 1. The zero-order valence-electron chi connectivity index (χ0n) is 12.3. The minimum absolute atomic E-state index is 0.294. The van der Waals surface area contributed by atoms with E-state index in [4.69, 9.17) is 11.2 Å². The van der Waals surface area contributed by atoms with Gasteiger partial charge in [0.2, 0.25) is 5.54 Å². The van der Waals surface area contributed by atoms with Crippen molar-refractivity contribution in [2.45, 2.75) is 51.4 Å². The van der Waals surface area contributed by atoms with Gasteiger partial charge in [0.25, 0.3) is 0 Å². The Morgan fingerprint density at radius 3 is 2.10 bits per heavy atom. The maximum Gasteiger partial charge on any atom is 0.423 e. The van der Waals surface area contributed by atoms with Gasteiger partial charge < -0.3 is 9.47 Å². The minimum atomic E-state index is -5.14. The summed E-state index contributed by atoms with van der Waals surface area (Å²) in [4.78, 5) is 23.3. The Balaban J connectivity index is 5.54. The SMILES string of the molecule is C#CCC(NC(=O)OC(C)(C)C)(C(=O)OCC)C(F)(F)F. The van der Waals surface area contributed by atoms with Crippen molar-refractivity contribution in [1.82, 2.24) is 5.32 Å². The first-order valence-corrected chi connectivity index (χ1v) is 6.08. The van der Waals surface area contributed by atoms with Crippen LogP contribution >= 0.6 is 0 Å². The summed E-state index contributed by atoms with van der Waals surface area (Å²) in [5.41, 5.74) is -4.37. The quantitative estimate of drug-likeness (QED) is 0.640. The summed E-state index contributed by atoms with van der Waals surface area (Å²) in [7, 11) is 0. The van der Waals surface area contributed by atoms with Crippen molar-refractivity contribution >= 4 is 12.1 Å². The fraction of sp³-hybridized carbons (Fsp3) is 0.692. The van der Waals surface area contributed by atoms with Crippen molar-refractivity contribution in [3.63, 3.8) is 0 Å². The maximum absolute atomic E-state index is 13.3. The molecule has 0 saturated heterocycles. The molecule has 1 N–H and O–H groups in total. The van der Waals surface area contributed by atoms with Crippen molar-refractivity contribution in [2.75, 3.05) is 6.61 Å². The molecule has 0 fully saturated rings. The highest BCUT2D eigenvalue weighted by molar-refractivity contribution is 5.87. The van der Waals surface area contributed by atoms with Crippen molar-refractivity contribution in [3.05, 3.63) is 0 Å². The van der Waals surface area contributed by atoms with E-state index in [9.17, 15) is 22.8 Å². The van der Waals surface area contributed by atoms with Crippen LogP contribution < -0.4 is 5.32 Å². The second-order valence-electron chi connectivity index (χ2n) is 5.13. The number of alkyl halides is 3. The number of terminal acetylenes is 1. The topological polar surface area (TPSA) is 64.6 Å². The van der Waals surface area contributed by atoms with Crippen LogP contribution in [0.15, 0.2) is 0 Å². The second kappa shape index (κ2) is 6.70. The molecule has 1 atom stereocenters. The lowest BCUT2D eigenvalue weighted by molar-refractivity contribution is -0.211. The van der Waals surface area contributed by atoms with E-state index >= 15 is 0 Å². The molecule has 0 aliphatic heterocycles. The molecule has 0 spiro atoms. The molecule has 0 heterocycles. The van der Waals surface area contributed by atoms with E-state index in [-0.39, 0.29) is 6.61 Å². The van der Waals surface area contributed by atoms with Gasteiger partial charge in [-0.25, -0.2) is 9.59 Å². The normalized spacial score (nSPS) is 14.6. The number of amides is 1. The summed E-state index contributed by atoms with van der Waals surface area (Å²) >= 11 is 0. The molecule has 0 aromatic carbocycles. The Kier molecular flexibility index (Phi) is 6.09. The highest BCUT2D eigenvalue weighted by Crippen LogP contribution is 2.34. The van der Waals surface area contributed by atoms with Gasteiger partial charge in [0, 0.05) is 0 Å². The number of carbonyl (C=O) groups excluding carboxylic acids is 2. The third-order valence-corrected chi connectivity index (χ3v) is 2.19. The van der Waals surface area contributed by atoms with Crippen LogP contribution in [0.3, 0.4) is 0 Å². The molecular formula is C13H18F3NO4. The Hall–Kier alpha value is -1.91. The molecule has 8 heteroatoms. The molecule has 1 amide bonds. The van der Waals surface area contributed by atoms with Crippen molar-refractivity contribution < 1.29 is 32.2 Å². The van der Waals surface area contributed by atoms with Crippen LogP contribution in [-0.2, 0) is 14.3 Å². The molecule has 0 bridgehead atoms. The predicted molar refractivity (Wildman–Crippen MR) is 68.2 cm³/mol.